The third-order valence-electron chi connectivity index (χ3n) is 2.86. The van der Waals surface area contributed by atoms with E-state index in [0.717, 1.165) is 24.6 Å². The van der Waals surface area contributed by atoms with Crippen LogP contribution in [0.4, 0.5) is 0 Å². The van der Waals surface area contributed by atoms with Gasteiger partial charge in [0.25, 0.3) is 0 Å². The minimum Gasteiger partial charge on any atom is -0.478 e. The first-order valence-corrected chi connectivity index (χ1v) is 7.00. The van der Waals surface area contributed by atoms with Gasteiger partial charge in [0.05, 0.1) is 10.6 Å². The van der Waals surface area contributed by atoms with Crippen molar-refractivity contribution < 1.29 is 9.90 Å². The summed E-state index contributed by atoms with van der Waals surface area (Å²) in [5.74, 6) is -1.12. The number of carboxylic acids is 1. The van der Waals surface area contributed by atoms with Crippen molar-refractivity contribution in [2.75, 3.05) is 0 Å². The maximum Gasteiger partial charge on any atom is 0.344 e. The van der Waals surface area contributed by atoms with Crippen LogP contribution < -0.4 is 5.69 Å². The van der Waals surface area contributed by atoms with Gasteiger partial charge in [-0.3, -0.25) is 4.57 Å². The molecule has 0 unspecified atom stereocenters. The number of pyridine rings is 1. The molecule has 0 bridgehead atoms. The summed E-state index contributed by atoms with van der Waals surface area (Å²) in [6, 6.07) is 1.48. The van der Waals surface area contributed by atoms with Gasteiger partial charge in [-0.25, -0.2) is 19.7 Å². The summed E-state index contributed by atoms with van der Waals surface area (Å²) in [6.07, 6.45) is 3.23. The summed E-state index contributed by atoms with van der Waals surface area (Å²) in [5.41, 5.74) is -0.305. The van der Waals surface area contributed by atoms with E-state index in [0.29, 0.717) is 10.2 Å². The van der Waals surface area contributed by atoms with Crippen molar-refractivity contribution in [3.63, 3.8) is 0 Å². The molecule has 0 spiro atoms. The molecule has 2 N–H and O–H groups in total. The zero-order chi connectivity index (χ0) is 14.3. The molecule has 1 fully saturated rings. The van der Waals surface area contributed by atoms with Gasteiger partial charge in [0.1, 0.15) is 5.03 Å². The maximum absolute atomic E-state index is 11.7. The Hall–Kier alpha value is -1.80. The first-order chi connectivity index (χ1) is 9.58. The lowest BCUT2D eigenvalue weighted by Gasteiger charge is -2.05. The molecular weight excluding hydrogens is 304 g/mol. The highest BCUT2D eigenvalue weighted by Gasteiger charge is 2.29. The highest BCUT2D eigenvalue weighted by molar-refractivity contribution is 7.99. The van der Waals surface area contributed by atoms with E-state index in [2.05, 4.69) is 15.2 Å². The molecule has 104 valence electrons. The largest absolute Gasteiger partial charge is 0.478 e. The van der Waals surface area contributed by atoms with Gasteiger partial charge in [0.2, 0.25) is 0 Å². The van der Waals surface area contributed by atoms with Crippen LogP contribution in [0.5, 0.6) is 0 Å². The number of nitrogens with one attached hydrogen (secondary N) is 1. The van der Waals surface area contributed by atoms with Gasteiger partial charge in [-0.1, -0.05) is 11.6 Å². The van der Waals surface area contributed by atoms with Crippen LogP contribution in [0.3, 0.4) is 0 Å². The quantitative estimate of drug-likeness (QED) is 0.892. The van der Waals surface area contributed by atoms with Gasteiger partial charge >= 0.3 is 11.7 Å². The molecule has 2 aromatic heterocycles. The minimum atomic E-state index is -1.12. The molecule has 0 atom stereocenters. The average Bonchev–Trinajstić information content (AvgIpc) is 3.17. The van der Waals surface area contributed by atoms with E-state index in [-0.39, 0.29) is 22.3 Å². The third-order valence-corrected chi connectivity index (χ3v) is 4.33. The number of carbonyl (C=O) groups is 1. The van der Waals surface area contributed by atoms with Crippen molar-refractivity contribution in [3.8, 4) is 0 Å². The van der Waals surface area contributed by atoms with Crippen LogP contribution in [0.2, 0.25) is 5.02 Å². The molecule has 1 saturated carbocycles. The van der Waals surface area contributed by atoms with E-state index in [1.165, 1.54) is 12.3 Å². The number of H-pyrrole nitrogens is 1. The van der Waals surface area contributed by atoms with Gasteiger partial charge in [-0.15, -0.1) is 5.10 Å². The molecule has 9 heteroatoms. The Morgan fingerprint density at radius 1 is 1.55 bits per heavy atom. The Kier molecular flexibility index (Phi) is 3.27. The molecular formula is C11H9ClN4O3S. The Labute approximate surface area is 122 Å². The van der Waals surface area contributed by atoms with E-state index >= 15 is 0 Å². The number of aromatic carboxylic acids is 1. The van der Waals surface area contributed by atoms with E-state index in [9.17, 15) is 9.59 Å². The normalized spacial score (nSPS) is 14.4. The summed E-state index contributed by atoms with van der Waals surface area (Å²) in [5, 5.41) is 16.1. The van der Waals surface area contributed by atoms with Gasteiger partial charge < -0.3 is 5.11 Å². The van der Waals surface area contributed by atoms with Crippen LogP contribution in [-0.4, -0.2) is 30.8 Å². The number of carboxylic acid groups (broad SMARTS) is 1. The first kappa shape index (κ1) is 13.2. The molecule has 0 aromatic carbocycles. The predicted octanol–water partition coefficient (Wildman–Crippen LogP) is 1.80. The zero-order valence-electron chi connectivity index (χ0n) is 10.0. The van der Waals surface area contributed by atoms with Crippen LogP contribution in [-0.2, 0) is 0 Å². The van der Waals surface area contributed by atoms with Crippen LogP contribution >= 0.6 is 23.4 Å². The highest BCUT2D eigenvalue weighted by Crippen LogP contribution is 2.38. The monoisotopic (exact) mass is 312 g/mol. The van der Waals surface area contributed by atoms with Crippen molar-refractivity contribution in [3.05, 3.63) is 33.3 Å². The van der Waals surface area contributed by atoms with Gasteiger partial charge in [0, 0.05) is 12.2 Å². The van der Waals surface area contributed by atoms with Crippen LogP contribution in [0, 0.1) is 0 Å². The molecule has 1 aliphatic rings. The van der Waals surface area contributed by atoms with Gasteiger partial charge in [0.15, 0.2) is 5.16 Å². The lowest BCUT2D eigenvalue weighted by Crippen LogP contribution is -2.16. The number of rotatable bonds is 4. The number of hydrogen-bond donors (Lipinski definition) is 2. The fourth-order valence-electron chi connectivity index (χ4n) is 1.76. The fraction of sp³-hybridized carbons (Fsp3) is 0.273. The highest BCUT2D eigenvalue weighted by atomic mass is 35.5. The van der Waals surface area contributed by atoms with E-state index in [1.807, 2.05) is 0 Å². The number of aromatic amines is 1. The van der Waals surface area contributed by atoms with Crippen molar-refractivity contribution in [2.24, 2.45) is 0 Å². The molecule has 0 radical (unpaired) electrons. The smallest absolute Gasteiger partial charge is 0.344 e. The van der Waals surface area contributed by atoms with Gasteiger partial charge in [-0.2, -0.15) is 0 Å². The fourth-order valence-corrected chi connectivity index (χ4v) is 2.98. The summed E-state index contributed by atoms with van der Waals surface area (Å²) in [6.45, 7) is 0. The van der Waals surface area contributed by atoms with E-state index < -0.39 is 5.97 Å². The van der Waals surface area contributed by atoms with Gasteiger partial charge in [-0.05, 0) is 30.7 Å². The lowest BCUT2D eigenvalue weighted by atomic mass is 10.3. The van der Waals surface area contributed by atoms with E-state index in [1.54, 1.807) is 4.57 Å². The van der Waals surface area contributed by atoms with Crippen LogP contribution in [0.15, 0.2) is 27.2 Å². The second kappa shape index (κ2) is 4.95. The average molecular weight is 313 g/mol. The molecule has 0 aliphatic heterocycles. The van der Waals surface area contributed by atoms with Crippen molar-refractivity contribution in [2.45, 2.75) is 29.1 Å². The van der Waals surface area contributed by atoms with Crippen molar-refractivity contribution >= 4 is 29.3 Å². The molecule has 1 aliphatic carbocycles. The third kappa shape index (κ3) is 2.32. The molecule has 0 saturated heterocycles. The molecule has 20 heavy (non-hydrogen) atoms. The summed E-state index contributed by atoms with van der Waals surface area (Å²) < 4.78 is 1.55. The SMILES string of the molecule is O=C(O)c1ccnc(Sc2n[nH]c(=O)n2C2CC2)c1Cl. The molecule has 3 rings (SSSR count). The van der Waals surface area contributed by atoms with E-state index in [4.69, 9.17) is 16.7 Å². The topological polar surface area (TPSA) is 101 Å². The Morgan fingerprint density at radius 2 is 2.30 bits per heavy atom. The number of halogens is 1. The summed E-state index contributed by atoms with van der Waals surface area (Å²) in [7, 11) is 0. The summed E-state index contributed by atoms with van der Waals surface area (Å²) in [4.78, 5) is 26.7. The number of hydrogen-bond acceptors (Lipinski definition) is 5. The number of aromatic nitrogens is 4. The second-order valence-corrected chi connectivity index (χ2v) is 5.63. The van der Waals surface area contributed by atoms with Crippen molar-refractivity contribution in [1.29, 1.82) is 0 Å². The number of nitrogens with zero attached hydrogens (tertiary/aromatic N) is 3. The zero-order valence-corrected chi connectivity index (χ0v) is 11.6. The van der Waals surface area contributed by atoms with Crippen LogP contribution in [0.1, 0.15) is 29.2 Å². The Balaban J connectivity index is 1.98. The minimum absolute atomic E-state index is 0.0278. The lowest BCUT2D eigenvalue weighted by molar-refractivity contribution is 0.0696. The summed E-state index contributed by atoms with van der Waals surface area (Å²) >= 11 is 7.09. The maximum atomic E-state index is 11.7. The van der Waals surface area contributed by atoms with Crippen LogP contribution in [0.25, 0.3) is 0 Å². The molecule has 7 nitrogen and oxygen atoms in total. The second-order valence-electron chi connectivity index (χ2n) is 4.30. The van der Waals surface area contributed by atoms with Crippen molar-refractivity contribution in [1.82, 2.24) is 19.7 Å². The molecule has 2 aromatic rings. The predicted molar refractivity (Wildman–Crippen MR) is 71.4 cm³/mol. The molecule has 2 heterocycles. The Bertz CT molecular complexity index is 738. The molecule has 0 amide bonds. The standard InChI is InChI=1S/C11H9ClN4O3S/c12-7-6(9(17)18)3-4-13-8(7)20-11-15-14-10(19)16(11)5-1-2-5/h3-5H,1-2H2,(H,14,19)(H,17,18). The Morgan fingerprint density at radius 3 is 2.95 bits per heavy atom. The first-order valence-electron chi connectivity index (χ1n) is 5.80.